The number of nitrogens with one attached hydrogen (secondary N) is 1. The Morgan fingerprint density at radius 3 is 2.17 bits per heavy atom. The van der Waals surface area contributed by atoms with Crippen molar-refractivity contribution in [1.82, 2.24) is 4.90 Å². The molecule has 0 spiro atoms. The van der Waals surface area contributed by atoms with Crippen LogP contribution in [-0.4, -0.2) is 32.1 Å². The van der Waals surface area contributed by atoms with Crippen LogP contribution in [0.15, 0.2) is 83.8 Å². The van der Waals surface area contributed by atoms with Crippen molar-refractivity contribution in [2.45, 2.75) is 24.3 Å². The Hall–Kier alpha value is -2.63. The summed E-state index contributed by atoms with van der Waals surface area (Å²) in [5.41, 5.74) is 10.2. The van der Waals surface area contributed by atoms with E-state index in [0.717, 1.165) is 23.6 Å². The van der Waals surface area contributed by atoms with Crippen LogP contribution in [0, 0.1) is 0 Å². The van der Waals surface area contributed by atoms with Crippen molar-refractivity contribution in [3.8, 4) is 0 Å². The average Bonchev–Trinajstić information content (AvgIpc) is 3.28. The molecule has 0 radical (unpaired) electrons. The third-order valence-electron chi connectivity index (χ3n) is 5.10. The van der Waals surface area contributed by atoms with Crippen LogP contribution < -0.4 is 15.4 Å². The van der Waals surface area contributed by atoms with E-state index in [1.54, 1.807) is 11.9 Å². The van der Waals surface area contributed by atoms with Crippen LogP contribution in [0.4, 0.5) is 17.1 Å². The molecule has 1 heterocycles. The Balaban J connectivity index is 0.000000184. The van der Waals surface area contributed by atoms with E-state index in [-0.39, 0.29) is 0 Å². The monoisotopic (exact) mass is 420 g/mol. The minimum Gasteiger partial charge on any atom is -0.397 e. The molecule has 0 atom stereocenters. The molecule has 4 rings (SSSR count). The highest BCUT2D eigenvalue weighted by Crippen LogP contribution is 2.30. The lowest BCUT2D eigenvalue weighted by atomic mass is 10.2. The summed E-state index contributed by atoms with van der Waals surface area (Å²) in [5, 5.41) is 3.06. The minimum absolute atomic E-state index is 0.760. The number of nitrogen functional groups attached to an aromatic ring is 1. The quantitative estimate of drug-likeness (QED) is 0.393. The zero-order valence-electron chi connectivity index (χ0n) is 17.9. The van der Waals surface area contributed by atoms with Crippen molar-refractivity contribution < 1.29 is 0 Å². The molecule has 1 saturated heterocycles. The molecule has 1 fully saturated rings. The first kappa shape index (κ1) is 22.1. The van der Waals surface area contributed by atoms with Gasteiger partial charge in [0.05, 0.1) is 11.4 Å². The van der Waals surface area contributed by atoms with E-state index in [9.17, 15) is 0 Å². The zero-order chi connectivity index (χ0) is 21.2. The van der Waals surface area contributed by atoms with Crippen molar-refractivity contribution in [1.29, 1.82) is 0 Å². The maximum Gasteiger partial charge on any atom is 0.0572 e. The van der Waals surface area contributed by atoms with Crippen molar-refractivity contribution in [3.05, 3.63) is 84.4 Å². The molecule has 3 N–H and O–H groups in total. The zero-order valence-corrected chi connectivity index (χ0v) is 18.7. The fourth-order valence-electron chi connectivity index (χ4n) is 3.45. The summed E-state index contributed by atoms with van der Waals surface area (Å²) >= 11 is 1.68. The molecule has 4 nitrogen and oxygen atoms in total. The van der Waals surface area contributed by atoms with Crippen LogP contribution in [0.2, 0.25) is 0 Å². The summed E-state index contributed by atoms with van der Waals surface area (Å²) in [4.78, 5) is 3.73. The van der Waals surface area contributed by atoms with Gasteiger partial charge in [-0.2, -0.15) is 0 Å². The van der Waals surface area contributed by atoms with Crippen LogP contribution in [0.3, 0.4) is 0 Å². The molecule has 0 unspecified atom stereocenters. The molecule has 5 heteroatoms. The lowest BCUT2D eigenvalue weighted by molar-refractivity contribution is 0.331. The van der Waals surface area contributed by atoms with Gasteiger partial charge in [0.2, 0.25) is 0 Å². The molecular formula is C25H32N4S. The predicted octanol–water partition coefficient (Wildman–Crippen LogP) is 5.74. The molecule has 1 aliphatic heterocycles. The molecule has 3 aromatic carbocycles. The largest absolute Gasteiger partial charge is 0.397 e. The highest BCUT2D eigenvalue weighted by atomic mass is 32.2. The molecular weight excluding hydrogens is 388 g/mol. The van der Waals surface area contributed by atoms with Gasteiger partial charge < -0.3 is 15.4 Å². The van der Waals surface area contributed by atoms with Gasteiger partial charge >= 0.3 is 0 Å². The van der Waals surface area contributed by atoms with Gasteiger partial charge in [-0.1, -0.05) is 48.5 Å². The van der Waals surface area contributed by atoms with E-state index in [4.69, 9.17) is 5.73 Å². The Labute approximate surface area is 185 Å². The van der Waals surface area contributed by atoms with E-state index in [1.807, 2.05) is 44.4 Å². The van der Waals surface area contributed by atoms with Gasteiger partial charge in [-0.05, 0) is 73.8 Å². The second-order valence-corrected chi connectivity index (χ2v) is 8.59. The molecule has 158 valence electrons. The SMILES string of the molecule is CNc1ccc(N(C)Sc2ccccc2)cc1N.c1ccc(CN2CCCC2)cc1. The Morgan fingerprint density at radius 1 is 0.933 bits per heavy atom. The van der Waals surface area contributed by atoms with Gasteiger partial charge in [0.25, 0.3) is 0 Å². The predicted molar refractivity (Wildman–Crippen MR) is 132 cm³/mol. The van der Waals surface area contributed by atoms with Crippen LogP contribution in [0.5, 0.6) is 0 Å². The summed E-state index contributed by atoms with van der Waals surface area (Å²) in [6.07, 6.45) is 2.76. The van der Waals surface area contributed by atoms with Crippen LogP contribution in [0.25, 0.3) is 0 Å². The van der Waals surface area contributed by atoms with E-state index >= 15 is 0 Å². The van der Waals surface area contributed by atoms with E-state index < -0.39 is 0 Å². The molecule has 0 aromatic heterocycles. The van der Waals surface area contributed by atoms with Gasteiger partial charge in [-0.25, -0.2) is 0 Å². The second-order valence-electron chi connectivity index (χ2n) is 7.39. The fraction of sp³-hybridized carbons (Fsp3) is 0.280. The second kappa shape index (κ2) is 11.5. The van der Waals surface area contributed by atoms with Crippen molar-refractivity contribution >= 4 is 29.0 Å². The summed E-state index contributed by atoms with van der Waals surface area (Å²) in [6, 6.07) is 27.0. The topological polar surface area (TPSA) is 44.5 Å². The number of nitrogens with two attached hydrogens (primary N) is 1. The molecule has 3 aromatic rings. The number of benzene rings is 3. The number of likely N-dealkylation sites (tertiary alicyclic amines) is 1. The normalized spacial score (nSPS) is 13.4. The standard InChI is InChI=1S/C14H17N3S.C11H15N/c1-16-14-9-8-11(10-13(14)15)17(2)18-12-6-4-3-5-7-12;1-2-6-11(7-3-1)10-12-8-4-5-9-12/h3-10,16H,15H2,1-2H3;1-3,6-7H,4-5,8-10H2. The molecule has 0 bridgehead atoms. The first-order chi connectivity index (χ1) is 14.7. The van der Waals surface area contributed by atoms with Crippen LogP contribution >= 0.6 is 11.9 Å². The van der Waals surface area contributed by atoms with Crippen LogP contribution in [-0.2, 0) is 6.54 Å². The Bertz CT molecular complexity index is 880. The van der Waals surface area contributed by atoms with E-state index in [0.29, 0.717) is 0 Å². The van der Waals surface area contributed by atoms with E-state index in [2.05, 4.69) is 63.1 Å². The number of anilines is 3. The third kappa shape index (κ3) is 6.71. The number of nitrogens with zero attached hydrogens (tertiary/aromatic N) is 2. The molecule has 1 aliphatic rings. The summed E-state index contributed by atoms with van der Waals surface area (Å²) in [6.45, 7) is 3.71. The fourth-order valence-corrected chi connectivity index (χ4v) is 4.26. The van der Waals surface area contributed by atoms with Gasteiger partial charge in [0.15, 0.2) is 0 Å². The van der Waals surface area contributed by atoms with Crippen molar-refractivity contribution in [3.63, 3.8) is 0 Å². The maximum atomic E-state index is 5.96. The van der Waals surface area contributed by atoms with Gasteiger partial charge in [0, 0.05) is 31.2 Å². The maximum absolute atomic E-state index is 5.96. The lowest BCUT2D eigenvalue weighted by Crippen LogP contribution is -2.18. The van der Waals surface area contributed by atoms with Gasteiger partial charge in [-0.15, -0.1) is 0 Å². The average molecular weight is 421 g/mol. The summed E-state index contributed by atoms with van der Waals surface area (Å²) in [5.74, 6) is 0. The highest BCUT2D eigenvalue weighted by molar-refractivity contribution is 8.00. The lowest BCUT2D eigenvalue weighted by Gasteiger charge is -2.19. The summed E-state index contributed by atoms with van der Waals surface area (Å²) in [7, 11) is 3.90. The van der Waals surface area contributed by atoms with Crippen molar-refractivity contribution in [2.75, 3.05) is 42.5 Å². The number of hydrogen-bond donors (Lipinski definition) is 2. The smallest absolute Gasteiger partial charge is 0.0572 e. The summed E-state index contributed by atoms with van der Waals surface area (Å²) < 4.78 is 2.10. The molecule has 0 saturated carbocycles. The Morgan fingerprint density at radius 2 is 1.57 bits per heavy atom. The van der Waals surface area contributed by atoms with Gasteiger partial charge in [0.1, 0.15) is 0 Å². The first-order valence-electron chi connectivity index (χ1n) is 10.5. The molecule has 0 aliphatic carbocycles. The third-order valence-corrected chi connectivity index (χ3v) is 6.07. The van der Waals surface area contributed by atoms with Gasteiger partial charge in [-0.3, -0.25) is 4.90 Å². The van der Waals surface area contributed by atoms with Crippen LogP contribution in [0.1, 0.15) is 18.4 Å². The molecule has 30 heavy (non-hydrogen) atoms. The Kier molecular flexibility index (Phi) is 8.48. The van der Waals surface area contributed by atoms with E-state index in [1.165, 1.54) is 36.4 Å². The first-order valence-corrected chi connectivity index (χ1v) is 11.2. The highest BCUT2D eigenvalue weighted by Gasteiger charge is 2.10. The number of rotatable bonds is 6. The van der Waals surface area contributed by atoms with Crippen molar-refractivity contribution in [2.24, 2.45) is 0 Å². The minimum atomic E-state index is 0.760. The molecule has 0 amide bonds. The number of hydrogen-bond acceptors (Lipinski definition) is 5.